The fourth-order valence-corrected chi connectivity index (χ4v) is 2.79. The molecule has 3 aromatic rings. The zero-order valence-electron chi connectivity index (χ0n) is 9.68. The fraction of sp³-hybridized carbons (Fsp3) is 0. The van der Waals surface area contributed by atoms with Crippen molar-refractivity contribution in [2.24, 2.45) is 0 Å². The average molecular weight is 474 g/mol. The second kappa shape index (κ2) is 5.58. The number of nitrogens with zero attached hydrogens (tertiary/aromatic N) is 2. The van der Waals surface area contributed by atoms with E-state index in [0.717, 1.165) is 18.3 Å². The van der Waals surface area contributed by atoms with E-state index >= 15 is 0 Å². The minimum Gasteiger partial charge on any atom is -0.416 e. The van der Waals surface area contributed by atoms with Crippen LogP contribution in [0.2, 0.25) is 0 Å². The van der Waals surface area contributed by atoms with Crippen molar-refractivity contribution in [3.05, 3.63) is 55.7 Å². The Hall–Kier alpha value is -0.960. The molecule has 0 bridgehead atoms. The minimum absolute atomic E-state index is 0.548. The molecule has 2 aromatic carbocycles. The molecular formula is C14H8I2N2O. The Morgan fingerprint density at radius 3 is 1.63 bits per heavy atom. The smallest absolute Gasteiger partial charge is 0.248 e. The highest BCUT2D eigenvalue weighted by molar-refractivity contribution is 14.1. The maximum atomic E-state index is 5.74. The van der Waals surface area contributed by atoms with Crippen molar-refractivity contribution in [3.8, 4) is 22.9 Å². The monoisotopic (exact) mass is 474 g/mol. The minimum atomic E-state index is 0.548. The SMILES string of the molecule is Ic1cccc(-c2nnc(-c3cccc(I)c3)o2)c1. The molecule has 0 aliphatic rings. The van der Waals surface area contributed by atoms with E-state index in [1.807, 2.05) is 48.5 Å². The van der Waals surface area contributed by atoms with Crippen molar-refractivity contribution in [2.45, 2.75) is 0 Å². The van der Waals surface area contributed by atoms with Crippen LogP contribution in [0.3, 0.4) is 0 Å². The van der Waals surface area contributed by atoms with Crippen molar-refractivity contribution in [1.82, 2.24) is 10.2 Å². The molecule has 0 N–H and O–H groups in total. The number of rotatable bonds is 2. The molecule has 1 heterocycles. The van der Waals surface area contributed by atoms with Crippen LogP contribution in [0.4, 0.5) is 0 Å². The summed E-state index contributed by atoms with van der Waals surface area (Å²) in [5.74, 6) is 1.10. The zero-order chi connectivity index (χ0) is 13.2. The van der Waals surface area contributed by atoms with Gasteiger partial charge < -0.3 is 4.42 Å². The predicted octanol–water partition coefficient (Wildman–Crippen LogP) is 4.61. The van der Waals surface area contributed by atoms with E-state index in [-0.39, 0.29) is 0 Å². The molecule has 0 radical (unpaired) electrons. The normalized spacial score (nSPS) is 10.6. The molecule has 0 amide bonds. The van der Waals surface area contributed by atoms with Gasteiger partial charge in [-0.15, -0.1) is 10.2 Å². The van der Waals surface area contributed by atoms with Crippen LogP contribution in [0.15, 0.2) is 52.9 Å². The van der Waals surface area contributed by atoms with Gasteiger partial charge in [-0.3, -0.25) is 0 Å². The number of hydrogen-bond donors (Lipinski definition) is 0. The van der Waals surface area contributed by atoms with Crippen LogP contribution in [0.5, 0.6) is 0 Å². The van der Waals surface area contributed by atoms with Gasteiger partial charge in [0, 0.05) is 18.3 Å². The van der Waals surface area contributed by atoms with Gasteiger partial charge in [-0.1, -0.05) is 12.1 Å². The first kappa shape index (κ1) is 13.0. The highest BCUT2D eigenvalue weighted by Crippen LogP contribution is 2.25. The molecule has 0 fully saturated rings. The average Bonchev–Trinajstić information content (AvgIpc) is 2.88. The molecule has 0 spiro atoms. The number of hydrogen-bond acceptors (Lipinski definition) is 3. The molecule has 0 atom stereocenters. The van der Waals surface area contributed by atoms with Gasteiger partial charge in [0.1, 0.15) is 0 Å². The maximum absolute atomic E-state index is 5.74. The van der Waals surface area contributed by atoms with Crippen LogP contribution < -0.4 is 0 Å². The zero-order valence-corrected chi connectivity index (χ0v) is 14.0. The lowest BCUT2D eigenvalue weighted by atomic mass is 10.2. The summed E-state index contributed by atoms with van der Waals surface area (Å²) in [5, 5.41) is 8.22. The quantitative estimate of drug-likeness (QED) is 0.510. The Balaban J connectivity index is 2.00. The maximum Gasteiger partial charge on any atom is 0.248 e. The molecule has 0 unspecified atom stereocenters. The molecule has 0 aliphatic heterocycles. The summed E-state index contributed by atoms with van der Waals surface area (Å²) >= 11 is 4.53. The highest BCUT2D eigenvalue weighted by atomic mass is 127. The molecule has 3 nitrogen and oxygen atoms in total. The van der Waals surface area contributed by atoms with Gasteiger partial charge in [0.15, 0.2) is 0 Å². The van der Waals surface area contributed by atoms with Crippen LogP contribution >= 0.6 is 45.2 Å². The molecule has 19 heavy (non-hydrogen) atoms. The molecule has 0 aliphatic carbocycles. The van der Waals surface area contributed by atoms with Crippen LogP contribution in [0, 0.1) is 7.14 Å². The Bertz CT molecular complexity index is 665. The van der Waals surface area contributed by atoms with Crippen molar-refractivity contribution in [2.75, 3.05) is 0 Å². The summed E-state index contributed by atoms with van der Waals surface area (Å²) < 4.78 is 8.02. The van der Waals surface area contributed by atoms with Crippen molar-refractivity contribution >= 4 is 45.2 Å². The van der Waals surface area contributed by atoms with Gasteiger partial charge in [-0.2, -0.15) is 0 Å². The largest absolute Gasteiger partial charge is 0.416 e. The Labute approximate surface area is 137 Å². The van der Waals surface area contributed by atoms with Crippen molar-refractivity contribution in [1.29, 1.82) is 0 Å². The number of aromatic nitrogens is 2. The van der Waals surface area contributed by atoms with Crippen LogP contribution in [0.25, 0.3) is 22.9 Å². The van der Waals surface area contributed by atoms with E-state index in [4.69, 9.17) is 4.42 Å². The third kappa shape index (κ3) is 2.97. The van der Waals surface area contributed by atoms with Crippen molar-refractivity contribution in [3.63, 3.8) is 0 Å². The lowest BCUT2D eigenvalue weighted by molar-refractivity contribution is 0.584. The summed E-state index contributed by atoms with van der Waals surface area (Å²) in [6, 6.07) is 16.0. The van der Waals surface area contributed by atoms with Crippen molar-refractivity contribution < 1.29 is 4.42 Å². The Morgan fingerprint density at radius 1 is 0.737 bits per heavy atom. The van der Waals surface area contributed by atoms with Gasteiger partial charge in [0.05, 0.1) is 0 Å². The second-order valence-corrected chi connectivity index (χ2v) is 6.42. The van der Waals surface area contributed by atoms with E-state index in [1.54, 1.807) is 0 Å². The summed E-state index contributed by atoms with van der Waals surface area (Å²) in [6.07, 6.45) is 0. The number of halogens is 2. The first-order valence-corrected chi connectivity index (χ1v) is 7.73. The van der Waals surface area contributed by atoms with E-state index in [0.29, 0.717) is 11.8 Å². The number of benzene rings is 2. The third-order valence-electron chi connectivity index (χ3n) is 2.57. The Kier molecular flexibility index (Phi) is 3.83. The predicted molar refractivity (Wildman–Crippen MR) is 90.6 cm³/mol. The second-order valence-electron chi connectivity index (χ2n) is 3.93. The van der Waals surface area contributed by atoms with E-state index in [2.05, 4.69) is 55.4 Å². The first-order chi connectivity index (χ1) is 9.22. The van der Waals surface area contributed by atoms with Gasteiger partial charge in [-0.25, -0.2) is 0 Å². The van der Waals surface area contributed by atoms with Gasteiger partial charge in [-0.05, 0) is 81.6 Å². The van der Waals surface area contributed by atoms with E-state index < -0.39 is 0 Å². The molecule has 0 saturated heterocycles. The van der Waals surface area contributed by atoms with E-state index in [9.17, 15) is 0 Å². The first-order valence-electron chi connectivity index (χ1n) is 5.58. The van der Waals surface area contributed by atoms with Crippen LogP contribution in [-0.2, 0) is 0 Å². The van der Waals surface area contributed by atoms with Crippen LogP contribution in [-0.4, -0.2) is 10.2 Å². The Morgan fingerprint density at radius 2 is 1.21 bits per heavy atom. The van der Waals surface area contributed by atoms with Gasteiger partial charge in [0.2, 0.25) is 11.8 Å². The van der Waals surface area contributed by atoms with Gasteiger partial charge >= 0.3 is 0 Å². The molecule has 94 valence electrons. The topological polar surface area (TPSA) is 38.9 Å². The summed E-state index contributed by atoms with van der Waals surface area (Å²) in [5.41, 5.74) is 1.88. The van der Waals surface area contributed by atoms with E-state index in [1.165, 1.54) is 0 Å². The lowest BCUT2D eigenvalue weighted by Crippen LogP contribution is -1.78. The standard InChI is InChI=1S/C14H8I2N2O/c15-11-5-1-3-9(7-11)13-17-18-14(19-13)10-4-2-6-12(16)8-10/h1-8H. The summed E-state index contributed by atoms with van der Waals surface area (Å²) in [4.78, 5) is 0. The van der Waals surface area contributed by atoms with Gasteiger partial charge in [0.25, 0.3) is 0 Å². The molecular weight excluding hydrogens is 466 g/mol. The lowest BCUT2D eigenvalue weighted by Gasteiger charge is -1.96. The molecule has 0 saturated carbocycles. The molecule has 1 aromatic heterocycles. The van der Waals surface area contributed by atoms with Crippen LogP contribution in [0.1, 0.15) is 0 Å². The highest BCUT2D eigenvalue weighted by Gasteiger charge is 2.10. The fourth-order valence-electron chi connectivity index (χ4n) is 1.70. The summed E-state index contributed by atoms with van der Waals surface area (Å²) in [7, 11) is 0. The third-order valence-corrected chi connectivity index (χ3v) is 3.91. The summed E-state index contributed by atoms with van der Waals surface area (Å²) in [6.45, 7) is 0. The molecule has 3 rings (SSSR count). The molecule has 5 heteroatoms.